The van der Waals surface area contributed by atoms with Gasteiger partial charge in [-0.2, -0.15) is 0 Å². The fourth-order valence-electron chi connectivity index (χ4n) is 2.60. The molecule has 0 spiro atoms. The Morgan fingerprint density at radius 2 is 2.17 bits per heavy atom. The average molecular weight is 245 g/mol. The van der Waals surface area contributed by atoms with Gasteiger partial charge in [0.15, 0.2) is 0 Å². The van der Waals surface area contributed by atoms with Crippen molar-refractivity contribution in [1.82, 2.24) is 15.5 Å². The van der Waals surface area contributed by atoms with Crippen molar-refractivity contribution in [1.29, 1.82) is 0 Å². The topological polar surface area (TPSA) is 44.4 Å². The van der Waals surface area contributed by atoms with Crippen LogP contribution < -0.4 is 10.6 Å². The number of carbonyl (C=O) groups excluding carboxylic acids is 1. The van der Waals surface area contributed by atoms with Crippen LogP contribution in [0.5, 0.6) is 0 Å². The summed E-state index contributed by atoms with van der Waals surface area (Å²) < 4.78 is 0. The minimum atomic E-state index is 0.0761. The SMILES string of the molecule is O=C1NCCN1CCNC1CC1c1ccccc1. The van der Waals surface area contributed by atoms with E-state index in [1.807, 2.05) is 4.90 Å². The van der Waals surface area contributed by atoms with Gasteiger partial charge in [0, 0.05) is 38.1 Å². The minimum Gasteiger partial charge on any atom is -0.336 e. The third-order valence-corrected chi connectivity index (χ3v) is 3.75. The molecule has 1 aliphatic heterocycles. The first-order valence-electron chi connectivity index (χ1n) is 6.66. The number of amides is 2. The van der Waals surface area contributed by atoms with Crippen LogP contribution in [0.15, 0.2) is 30.3 Å². The summed E-state index contributed by atoms with van der Waals surface area (Å²) in [5.41, 5.74) is 1.42. The van der Waals surface area contributed by atoms with E-state index in [1.54, 1.807) is 0 Å². The molecule has 2 atom stereocenters. The van der Waals surface area contributed by atoms with E-state index in [2.05, 4.69) is 41.0 Å². The largest absolute Gasteiger partial charge is 0.336 e. The van der Waals surface area contributed by atoms with Crippen molar-refractivity contribution in [3.63, 3.8) is 0 Å². The van der Waals surface area contributed by atoms with Crippen LogP contribution in [0.25, 0.3) is 0 Å². The van der Waals surface area contributed by atoms with Gasteiger partial charge >= 0.3 is 6.03 Å². The van der Waals surface area contributed by atoms with Crippen molar-refractivity contribution in [3.05, 3.63) is 35.9 Å². The second-order valence-electron chi connectivity index (χ2n) is 5.03. The van der Waals surface area contributed by atoms with Gasteiger partial charge in [-0.1, -0.05) is 30.3 Å². The molecule has 1 aromatic rings. The highest BCUT2D eigenvalue weighted by Crippen LogP contribution is 2.40. The Bertz CT molecular complexity index is 420. The Balaban J connectivity index is 1.40. The van der Waals surface area contributed by atoms with Crippen LogP contribution in [0.3, 0.4) is 0 Å². The zero-order valence-corrected chi connectivity index (χ0v) is 10.4. The van der Waals surface area contributed by atoms with E-state index in [0.29, 0.717) is 12.0 Å². The van der Waals surface area contributed by atoms with Gasteiger partial charge in [0.25, 0.3) is 0 Å². The minimum absolute atomic E-state index is 0.0761. The summed E-state index contributed by atoms with van der Waals surface area (Å²) in [6.07, 6.45) is 1.22. The Hall–Kier alpha value is -1.55. The average Bonchev–Trinajstić information content (AvgIpc) is 3.07. The van der Waals surface area contributed by atoms with Crippen molar-refractivity contribution in [2.45, 2.75) is 18.4 Å². The number of nitrogens with one attached hydrogen (secondary N) is 2. The number of benzene rings is 1. The highest BCUT2D eigenvalue weighted by Gasteiger charge is 2.37. The Kier molecular flexibility index (Phi) is 3.19. The summed E-state index contributed by atoms with van der Waals surface area (Å²) in [6.45, 7) is 3.33. The van der Waals surface area contributed by atoms with E-state index in [0.717, 1.165) is 26.2 Å². The van der Waals surface area contributed by atoms with E-state index >= 15 is 0 Å². The van der Waals surface area contributed by atoms with Gasteiger partial charge in [-0.25, -0.2) is 4.79 Å². The van der Waals surface area contributed by atoms with Crippen molar-refractivity contribution in [2.75, 3.05) is 26.2 Å². The van der Waals surface area contributed by atoms with E-state index in [1.165, 1.54) is 12.0 Å². The standard InChI is InChI=1S/C14H19N3O/c18-14-16-7-9-17(14)8-6-15-13-10-12(13)11-4-2-1-3-5-11/h1-5,12-13,15H,6-10H2,(H,16,18). The lowest BCUT2D eigenvalue weighted by Crippen LogP contribution is -2.35. The third kappa shape index (κ3) is 2.48. The zero-order valence-electron chi connectivity index (χ0n) is 10.4. The van der Waals surface area contributed by atoms with Crippen molar-refractivity contribution in [3.8, 4) is 0 Å². The molecule has 0 bridgehead atoms. The zero-order chi connectivity index (χ0) is 12.4. The molecule has 1 saturated carbocycles. The van der Waals surface area contributed by atoms with Crippen molar-refractivity contribution >= 4 is 6.03 Å². The molecular weight excluding hydrogens is 226 g/mol. The fraction of sp³-hybridized carbons (Fsp3) is 0.500. The lowest BCUT2D eigenvalue weighted by atomic mass is 10.1. The van der Waals surface area contributed by atoms with Crippen molar-refractivity contribution in [2.24, 2.45) is 0 Å². The first kappa shape index (κ1) is 11.5. The van der Waals surface area contributed by atoms with Crippen LogP contribution in [-0.4, -0.2) is 43.2 Å². The molecule has 0 radical (unpaired) electrons. The molecule has 3 rings (SSSR count). The number of rotatable bonds is 5. The van der Waals surface area contributed by atoms with Crippen LogP contribution in [-0.2, 0) is 0 Å². The van der Waals surface area contributed by atoms with Crippen LogP contribution in [0, 0.1) is 0 Å². The molecule has 1 aromatic carbocycles. The molecule has 1 heterocycles. The molecule has 96 valence electrons. The summed E-state index contributed by atoms with van der Waals surface area (Å²) >= 11 is 0. The van der Waals surface area contributed by atoms with Gasteiger partial charge in [0.05, 0.1) is 0 Å². The molecular formula is C14H19N3O. The Morgan fingerprint density at radius 3 is 2.89 bits per heavy atom. The first-order chi connectivity index (χ1) is 8.84. The van der Waals surface area contributed by atoms with Gasteiger partial charge in [-0.3, -0.25) is 0 Å². The normalized spacial score (nSPS) is 26.2. The lowest BCUT2D eigenvalue weighted by Gasteiger charge is -2.14. The smallest absolute Gasteiger partial charge is 0.317 e. The summed E-state index contributed by atoms with van der Waals surface area (Å²) in [5, 5.41) is 6.35. The van der Waals surface area contributed by atoms with Gasteiger partial charge in [-0.15, -0.1) is 0 Å². The first-order valence-corrected chi connectivity index (χ1v) is 6.66. The van der Waals surface area contributed by atoms with Crippen LogP contribution in [0.2, 0.25) is 0 Å². The number of urea groups is 1. The molecule has 2 N–H and O–H groups in total. The number of hydrogen-bond donors (Lipinski definition) is 2. The molecule has 0 aromatic heterocycles. The van der Waals surface area contributed by atoms with Crippen molar-refractivity contribution < 1.29 is 4.79 Å². The van der Waals surface area contributed by atoms with Gasteiger partial charge in [0.2, 0.25) is 0 Å². The van der Waals surface area contributed by atoms with E-state index < -0.39 is 0 Å². The number of carbonyl (C=O) groups is 1. The molecule has 2 amide bonds. The quantitative estimate of drug-likeness (QED) is 0.817. The number of hydrogen-bond acceptors (Lipinski definition) is 2. The molecule has 2 aliphatic rings. The number of nitrogens with zero attached hydrogens (tertiary/aromatic N) is 1. The van der Waals surface area contributed by atoms with E-state index in [9.17, 15) is 4.79 Å². The van der Waals surface area contributed by atoms with Crippen LogP contribution in [0.1, 0.15) is 17.9 Å². The summed E-state index contributed by atoms with van der Waals surface area (Å²) in [6, 6.07) is 11.3. The van der Waals surface area contributed by atoms with Crippen LogP contribution >= 0.6 is 0 Å². The predicted octanol–water partition coefficient (Wildman–Crippen LogP) is 1.16. The Morgan fingerprint density at radius 1 is 1.33 bits per heavy atom. The summed E-state index contributed by atoms with van der Waals surface area (Å²) in [5.74, 6) is 0.665. The van der Waals surface area contributed by atoms with E-state index in [4.69, 9.17) is 0 Å². The second-order valence-corrected chi connectivity index (χ2v) is 5.03. The Labute approximate surface area is 107 Å². The van der Waals surface area contributed by atoms with Gasteiger partial charge < -0.3 is 15.5 Å². The van der Waals surface area contributed by atoms with Gasteiger partial charge in [-0.05, 0) is 12.0 Å². The highest BCUT2D eigenvalue weighted by molar-refractivity contribution is 5.76. The molecule has 1 aliphatic carbocycles. The summed E-state index contributed by atoms with van der Waals surface area (Å²) in [7, 11) is 0. The third-order valence-electron chi connectivity index (χ3n) is 3.75. The highest BCUT2D eigenvalue weighted by atomic mass is 16.2. The maximum atomic E-state index is 11.3. The molecule has 18 heavy (non-hydrogen) atoms. The maximum absolute atomic E-state index is 11.3. The van der Waals surface area contributed by atoms with E-state index in [-0.39, 0.29) is 6.03 Å². The molecule has 2 fully saturated rings. The molecule has 2 unspecified atom stereocenters. The molecule has 4 heteroatoms. The van der Waals surface area contributed by atoms with Gasteiger partial charge in [0.1, 0.15) is 0 Å². The summed E-state index contributed by atoms with van der Waals surface area (Å²) in [4.78, 5) is 13.2. The molecule has 4 nitrogen and oxygen atoms in total. The predicted molar refractivity (Wildman–Crippen MR) is 70.6 cm³/mol. The monoisotopic (exact) mass is 245 g/mol. The second kappa shape index (κ2) is 4.98. The lowest BCUT2D eigenvalue weighted by molar-refractivity contribution is 0.217. The maximum Gasteiger partial charge on any atom is 0.317 e. The fourth-order valence-corrected chi connectivity index (χ4v) is 2.60. The van der Waals surface area contributed by atoms with Crippen LogP contribution in [0.4, 0.5) is 4.79 Å². The molecule has 1 saturated heterocycles.